The summed E-state index contributed by atoms with van der Waals surface area (Å²) < 4.78 is 0. The molecule has 0 aromatic heterocycles. The molecular weight excluding hydrogens is 262 g/mol. The molecule has 1 rings (SSSR count). The monoisotopic (exact) mass is 289 g/mol. The molecule has 1 aromatic carbocycles. The Bertz CT molecular complexity index is 481. The van der Waals surface area contributed by atoms with E-state index in [9.17, 15) is 10.2 Å². The fourth-order valence-electron chi connectivity index (χ4n) is 2.40. The van der Waals surface area contributed by atoms with Crippen molar-refractivity contribution in [3.63, 3.8) is 0 Å². The van der Waals surface area contributed by atoms with Crippen LogP contribution in [0.2, 0.25) is 0 Å². The van der Waals surface area contributed by atoms with Gasteiger partial charge in [-0.05, 0) is 37.0 Å². The maximum absolute atomic E-state index is 10.5. The molecule has 3 nitrogen and oxygen atoms in total. The van der Waals surface area contributed by atoms with Gasteiger partial charge in [0.2, 0.25) is 0 Å². The van der Waals surface area contributed by atoms with Gasteiger partial charge in [-0.3, -0.25) is 0 Å². The SMILES string of the molecule is CCCC(O)(C#Cc1cccc(CC(O)CN)c1)CCC. The minimum atomic E-state index is -0.893. The molecule has 116 valence electrons. The molecule has 0 fully saturated rings. The Labute approximate surface area is 128 Å². The average molecular weight is 289 g/mol. The largest absolute Gasteiger partial charge is 0.391 e. The first-order valence-electron chi connectivity index (χ1n) is 7.75. The van der Waals surface area contributed by atoms with E-state index in [1.807, 2.05) is 24.3 Å². The maximum Gasteiger partial charge on any atom is 0.125 e. The Hall–Kier alpha value is -1.34. The molecule has 1 unspecified atom stereocenters. The number of nitrogens with two attached hydrogens (primary N) is 1. The van der Waals surface area contributed by atoms with Gasteiger partial charge in [0.1, 0.15) is 5.60 Å². The number of benzene rings is 1. The van der Waals surface area contributed by atoms with Crippen LogP contribution in [0.5, 0.6) is 0 Å². The van der Waals surface area contributed by atoms with Crippen LogP contribution in [0.4, 0.5) is 0 Å². The Balaban J connectivity index is 2.87. The van der Waals surface area contributed by atoms with Crippen molar-refractivity contribution in [1.82, 2.24) is 0 Å². The standard InChI is InChI=1S/C18H27NO2/c1-3-9-18(21,10-4-2)11-8-15-6-5-7-16(12-15)13-17(20)14-19/h5-7,12,17,20-21H,3-4,9-10,13-14,19H2,1-2H3. The molecule has 4 N–H and O–H groups in total. The number of hydrogen-bond donors (Lipinski definition) is 3. The first-order valence-corrected chi connectivity index (χ1v) is 7.75. The maximum atomic E-state index is 10.5. The fourth-order valence-corrected chi connectivity index (χ4v) is 2.40. The lowest BCUT2D eigenvalue weighted by molar-refractivity contribution is 0.0807. The number of aliphatic hydroxyl groups is 2. The summed E-state index contributed by atoms with van der Waals surface area (Å²) in [6.45, 7) is 4.36. The van der Waals surface area contributed by atoms with E-state index < -0.39 is 11.7 Å². The van der Waals surface area contributed by atoms with Gasteiger partial charge in [-0.1, -0.05) is 50.7 Å². The summed E-state index contributed by atoms with van der Waals surface area (Å²) in [5.74, 6) is 6.10. The summed E-state index contributed by atoms with van der Waals surface area (Å²) in [7, 11) is 0. The number of rotatable bonds is 7. The normalized spacial score (nSPS) is 12.6. The summed E-state index contributed by atoms with van der Waals surface area (Å²) in [6.07, 6.45) is 3.21. The molecular formula is C18H27NO2. The molecule has 0 aliphatic rings. The predicted octanol–water partition coefficient (Wildman–Crippen LogP) is 2.23. The molecule has 1 aromatic rings. The van der Waals surface area contributed by atoms with Crippen LogP contribution in [-0.4, -0.2) is 28.5 Å². The molecule has 0 aliphatic carbocycles. The lowest BCUT2D eigenvalue weighted by Crippen LogP contribution is -2.25. The van der Waals surface area contributed by atoms with Crippen LogP contribution in [0.1, 0.15) is 50.7 Å². The van der Waals surface area contributed by atoms with Crippen LogP contribution < -0.4 is 5.73 Å². The van der Waals surface area contributed by atoms with E-state index in [1.165, 1.54) is 0 Å². The Morgan fingerprint density at radius 3 is 2.48 bits per heavy atom. The first-order chi connectivity index (χ1) is 10.0. The number of hydrogen-bond acceptors (Lipinski definition) is 3. The van der Waals surface area contributed by atoms with Crippen molar-refractivity contribution < 1.29 is 10.2 Å². The van der Waals surface area contributed by atoms with Crippen molar-refractivity contribution in [2.24, 2.45) is 5.73 Å². The van der Waals surface area contributed by atoms with Crippen LogP contribution in [-0.2, 0) is 6.42 Å². The second-order valence-electron chi connectivity index (χ2n) is 5.58. The molecule has 21 heavy (non-hydrogen) atoms. The summed E-state index contributed by atoms with van der Waals surface area (Å²) >= 11 is 0. The summed E-state index contributed by atoms with van der Waals surface area (Å²) in [5, 5.41) is 20.1. The van der Waals surface area contributed by atoms with Crippen LogP contribution in [0.3, 0.4) is 0 Å². The molecule has 0 spiro atoms. The van der Waals surface area contributed by atoms with E-state index in [1.54, 1.807) is 0 Å². The molecule has 0 amide bonds. The second kappa shape index (κ2) is 8.84. The Morgan fingerprint density at radius 2 is 1.90 bits per heavy atom. The van der Waals surface area contributed by atoms with Gasteiger partial charge in [-0.25, -0.2) is 0 Å². The van der Waals surface area contributed by atoms with Crippen LogP contribution in [0.25, 0.3) is 0 Å². The predicted molar refractivity (Wildman–Crippen MR) is 86.9 cm³/mol. The smallest absolute Gasteiger partial charge is 0.125 e. The highest BCUT2D eigenvalue weighted by atomic mass is 16.3. The highest BCUT2D eigenvalue weighted by Gasteiger charge is 2.21. The van der Waals surface area contributed by atoms with E-state index in [0.29, 0.717) is 19.3 Å². The second-order valence-corrected chi connectivity index (χ2v) is 5.58. The third kappa shape index (κ3) is 6.31. The van der Waals surface area contributed by atoms with E-state index in [-0.39, 0.29) is 6.54 Å². The Morgan fingerprint density at radius 1 is 1.24 bits per heavy atom. The lowest BCUT2D eigenvalue weighted by atomic mass is 9.93. The average Bonchev–Trinajstić information content (AvgIpc) is 2.46. The first kappa shape index (κ1) is 17.7. The third-order valence-corrected chi connectivity index (χ3v) is 3.44. The van der Waals surface area contributed by atoms with Crippen molar-refractivity contribution in [1.29, 1.82) is 0 Å². The van der Waals surface area contributed by atoms with Crippen LogP contribution >= 0.6 is 0 Å². The molecule has 0 saturated heterocycles. The van der Waals surface area contributed by atoms with Crippen molar-refractivity contribution in [3.8, 4) is 11.8 Å². The number of aliphatic hydroxyl groups excluding tert-OH is 1. The summed E-state index contributed by atoms with van der Waals surface area (Å²) in [5.41, 5.74) is 6.41. The summed E-state index contributed by atoms with van der Waals surface area (Å²) in [4.78, 5) is 0. The van der Waals surface area contributed by atoms with Crippen molar-refractivity contribution in [3.05, 3.63) is 35.4 Å². The van der Waals surface area contributed by atoms with Gasteiger partial charge in [0.05, 0.1) is 6.10 Å². The molecule has 0 radical (unpaired) electrons. The molecule has 0 bridgehead atoms. The Kier molecular flexibility index (Phi) is 7.45. The van der Waals surface area contributed by atoms with Gasteiger partial charge in [-0.2, -0.15) is 0 Å². The minimum absolute atomic E-state index is 0.253. The van der Waals surface area contributed by atoms with E-state index in [0.717, 1.165) is 24.0 Å². The van der Waals surface area contributed by atoms with E-state index >= 15 is 0 Å². The van der Waals surface area contributed by atoms with E-state index in [2.05, 4.69) is 25.7 Å². The van der Waals surface area contributed by atoms with Crippen molar-refractivity contribution in [2.45, 2.75) is 57.7 Å². The zero-order valence-corrected chi connectivity index (χ0v) is 13.1. The van der Waals surface area contributed by atoms with Gasteiger partial charge < -0.3 is 15.9 Å². The zero-order chi connectivity index (χ0) is 15.7. The zero-order valence-electron chi connectivity index (χ0n) is 13.1. The van der Waals surface area contributed by atoms with Gasteiger partial charge in [-0.15, -0.1) is 0 Å². The van der Waals surface area contributed by atoms with Crippen molar-refractivity contribution in [2.75, 3.05) is 6.54 Å². The van der Waals surface area contributed by atoms with Crippen LogP contribution in [0.15, 0.2) is 24.3 Å². The highest BCUT2D eigenvalue weighted by Crippen LogP contribution is 2.18. The molecule has 1 atom stereocenters. The third-order valence-electron chi connectivity index (χ3n) is 3.44. The summed E-state index contributed by atoms with van der Waals surface area (Å²) in [6, 6.07) is 7.74. The molecule has 0 heterocycles. The quantitative estimate of drug-likeness (QED) is 0.674. The molecule has 3 heteroatoms. The van der Waals surface area contributed by atoms with Gasteiger partial charge in [0.25, 0.3) is 0 Å². The van der Waals surface area contributed by atoms with Gasteiger partial charge in [0.15, 0.2) is 0 Å². The van der Waals surface area contributed by atoms with Crippen molar-refractivity contribution >= 4 is 0 Å². The van der Waals surface area contributed by atoms with Gasteiger partial charge in [0, 0.05) is 12.1 Å². The highest BCUT2D eigenvalue weighted by molar-refractivity contribution is 5.39. The lowest BCUT2D eigenvalue weighted by Gasteiger charge is -2.20. The molecule has 0 saturated carbocycles. The van der Waals surface area contributed by atoms with Gasteiger partial charge >= 0.3 is 0 Å². The van der Waals surface area contributed by atoms with Crippen LogP contribution in [0, 0.1) is 11.8 Å². The fraction of sp³-hybridized carbons (Fsp3) is 0.556. The topological polar surface area (TPSA) is 66.5 Å². The minimum Gasteiger partial charge on any atom is -0.391 e. The van der Waals surface area contributed by atoms with E-state index in [4.69, 9.17) is 5.73 Å². The molecule has 0 aliphatic heterocycles.